The van der Waals surface area contributed by atoms with Crippen LogP contribution in [-0.2, 0) is 13.6 Å². The lowest BCUT2D eigenvalue weighted by atomic mass is 10.1. The highest BCUT2D eigenvalue weighted by Gasteiger charge is 2.12. The fourth-order valence-corrected chi connectivity index (χ4v) is 1.80. The zero-order valence-electron chi connectivity index (χ0n) is 11.6. The molecule has 1 aromatic heterocycles. The summed E-state index contributed by atoms with van der Waals surface area (Å²) in [4.78, 5) is 12.2. The predicted octanol–water partition coefficient (Wildman–Crippen LogP) is 0.799. The topological polar surface area (TPSA) is 72.9 Å². The summed E-state index contributed by atoms with van der Waals surface area (Å²) in [7, 11) is 1.78. The molecule has 0 radical (unpaired) electrons. The van der Waals surface area contributed by atoms with E-state index in [1.807, 2.05) is 0 Å². The molecule has 0 saturated heterocycles. The molecule has 0 aliphatic heterocycles. The molecule has 108 valence electrons. The molecule has 2 rings (SSSR count). The number of aryl methyl sites for hydroxylation is 1. The number of nitrogens with two attached hydrogens (primary N) is 1. The molecule has 0 unspecified atom stereocenters. The lowest BCUT2D eigenvalue weighted by Gasteiger charge is -2.07. The summed E-state index contributed by atoms with van der Waals surface area (Å²) in [5.74, 6) is 4.55. The minimum absolute atomic E-state index is 0.174. The molecule has 0 saturated carbocycles. The number of halogens is 1. The molecule has 6 heteroatoms. The van der Waals surface area contributed by atoms with E-state index in [0.717, 1.165) is 5.69 Å². The summed E-state index contributed by atoms with van der Waals surface area (Å²) < 4.78 is 15.0. The Kier molecular flexibility index (Phi) is 4.69. The SMILES string of the molecule is Cn1nccc1CNC(=O)c1cc(F)ccc1C#CCN. The van der Waals surface area contributed by atoms with Crippen molar-refractivity contribution < 1.29 is 9.18 Å². The molecule has 0 bridgehead atoms. The maximum absolute atomic E-state index is 13.3. The van der Waals surface area contributed by atoms with Crippen molar-refractivity contribution in [2.24, 2.45) is 12.8 Å². The van der Waals surface area contributed by atoms with Gasteiger partial charge in [0, 0.05) is 18.8 Å². The average molecular weight is 286 g/mol. The monoisotopic (exact) mass is 286 g/mol. The van der Waals surface area contributed by atoms with Crippen LogP contribution in [0.2, 0.25) is 0 Å². The van der Waals surface area contributed by atoms with Crippen LogP contribution in [0.4, 0.5) is 4.39 Å². The van der Waals surface area contributed by atoms with Crippen LogP contribution in [-0.4, -0.2) is 22.2 Å². The van der Waals surface area contributed by atoms with E-state index in [-0.39, 0.29) is 12.1 Å². The van der Waals surface area contributed by atoms with Gasteiger partial charge in [0.05, 0.1) is 24.3 Å². The van der Waals surface area contributed by atoms with Gasteiger partial charge in [0.25, 0.3) is 5.91 Å². The van der Waals surface area contributed by atoms with Crippen LogP contribution in [0, 0.1) is 17.7 Å². The number of carbonyl (C=O) groups is 1. The Hall–Kier alpha value is -2.65. The first-order valence-corrected chi connectivity index (χ1v) is 6.35. The van der Waals surface area contributed by atoms with Crippen LogP contribution in [0.1, 0.15) is 21.6 Å². The van der Waals surface area contributed by atoms with Gasteiger partial charge in [-0.3, -0.25) is 9.48 Å². The molecule has 21 heavy (non-hydrogen) atoms. The quantitative estimate of drug-likeness (QED) is 0.820. The van der Waals surface area contributed by atoms with Crippen molar-refractivity contribution in [3.8, 4) is 11.8 Å². The first kappa shape index (κ1) is 14.8. The molecule has 1 aromatic carbocycles. The zero-order valence-corrected chi connectivity index (χ0v) is 11.6. The number of hydrogen-bond donors (Lipinski definition) is 2. The number of nitrogens with zero attached hydrogens (tertiary/aromatic N) is 2. The van der Waals surface area contributed by atoms with Gasteiger partial charge in [0.15, 0.2) is 0 Å². The molecular weight excluding hydrogens is 271 g/mol. The van der Waals surface area contributed by atoms with Crippen molar-refractivity contribution in [2.75, 3.05) is 6.54 Å². The number of aromatic nitrogens is 2. The van der Waals surface area contributed by atoms with Crippen molar-refractivity contribution in [2.45, 2.75) is 6.54 Å². The third-order valence-corrected chi connectivity index (χ3v) is 2.90. The van der Waals surface area contributed by atoms with Crippen LogP contribution >= 0.6 is 0 Å². The van der Waals surface area contributed by atoms with Crippen LogP contribution in [0.25, 0.3) is 0 Å². The highest BCUT2D eigenvalue weighted by atomic mass is 19.1. The molecule has 1 heterocycles. The second-order valence-corrected chi connectivity index (χ2v) is 4.32. The molecule has 2 aromatic rings. The van der Waals surface area contributed by atoms with Gasteiger partial charge in [-0.1, -0.05) is 11.8 Å². The Labute approximate surface area is 122 Å². The Morgan fingerprint density at radius 3 is 2.95 bits per heavy atom. The van der Waals surface area contributed by atoms with Gasteiger partial charge in [0.2, 0.25) is 0 Å². The largest absolute Gasteiger partial charge is 0.346 e. The third kappa shape index (κ3) is 3.68. The van der Waals surface area contributed by atoms with Gasteiger partial charge in [-0.15, -0.1) is 0 Å². The average Bonchev–Trinajstić information content (AvgIpc) is 2.88. The van der Waals surface area contributed by atoms with Crippen LogP contribution < -0.4 is 11.1 Å². The van der Waals surface area contributed by atoms with E-state index in [2.05, 4.69) is 22.3 Å². The summed E-state index contributed by atoms with van der Waals surface area (Å²) in [6, 6.07) is 5.69. The minimum atomic E-state index is -0.487. The van der Waals surface area contributed by atoms with Crippen molar-refractivity contribution in [1.29, 1.82) is 0 Å². The normalized spacial score (nSPS) is 9.86. The van der Waals surface area contributed by atoms with Gasteiger partial charge in [-0.25, -0.2) is 4.39 Å². The molecule has 0 spiro atoms. The standard InChI is InChI=1S/C15H15FN4O/c1-20-13(6-8-19-20)10-18-15(21)14-9-12(16)5-4-11(14)3-2-7-17/h4-6,8-9H,7,10,17H2,1H3,(H,18,21). The number of amides is 1. The Morgan fingerprint density at radius 1 is 1.48 bits per heavy atom. The highest BCUT2D eigenvalue weighted by Crippen LogP contribution is 2.11. The second-order valence-electron chi connectivity index (χ2n) is 4.32. The van der Waals surface area contributed by atoms with E-state index in [9.17, 15) is 9.18 Å². The summed E-state index contributed by atoms with van der Waals surface area (Å²) in [6.45, 7) is 0.475. The van der Waals surface area contributed by atoms with Gasteiger partial charge in [0.1, 0.15) is 5.82 Å². The van der Waals surface area contributed by atoms with Crippen molar-refractivity contribution in [3.05, 3.63) is 53.1 Å². The Bertz CT molecular complexity index is 712. The highest BCUT2D eigenvalue weighted by molar-refractivity contribution is 5.96. The summed E-state index contributed by atoms with van der Waals surface area (Å²) >= 11 is 0. The van der Waals surface area contributed by atoms with E-state index in [0.29, 0.717) is 12.1 Å². The summed E-state index contributed by atoms with van der Waals surface area (Å²) in [5.41, 5.74) is 6.80. The van der Waals surface area contributed by atoms with Crippen molar-refractivity contribution in [1.82, 2.24) is 15.1 Å². The molecule has 0 aliphatic carbocycles. The fraction of sp³-hybridized carbons (Fsp3) is 0.200. The van der Waals surface area contributed by atoms with E-state index < -0.39 is 11.7 Å². The number of rotatable bonds is 3. The van der Waals surface area contributed by atoms with E-state index in [1.54, 1.807) is 24.0 Å². The third-order valence-electron chi connectivity index (χ3n) is 2.90. The first-order chi connectivity index (χ1) is 10.1. The zero-order chi connectivity index (χ0) is 15.2. The number of nitrogens with one attached hydrogen (secondary N) is 1. The maximum atomic E-state index is 13.3. The van der Waals surface area contributed by atoms with Gasteiger partial charge < -0.3 is 11.1 Å². The predicted molar refractivity (Wildman–Crippen MR) is 76.7 cm³/mol. The number of benzene rings is 1. The lowest BCUT2D eigenvalue weighted by molar-refractivity contribution is 0.0949. The molecule has 0 aliphatic rings. The number of carbonyl (C=O) groups excluding carboxylic acids is 1. The second kappa shape index (κ2) is 6.68. The lowest BCUT2D eigenvalue weighted by Crippen LogP contribution is -2.25. The van der Waals surface area contributed by atoms with Gasteiger partial charge in [-0.2, -0.15) is 5.10 Å². The van der Waals surface area contributed by atoms with E-state index in [1.165, 1.54) is 18.2 Å². The van der Waals surface area contributed by atoms with E-state index >= 15 is 0 Å². The number of hydrogen-bond acceptors (Lipinski definition) is 3. The molecule has 1 amide bonds. The molecule has 3 N–H and O–H groups in total. The summed E-state index contributed by atoms with van der Waals surface area (Å²) in [5, 5.41) is 6.73. The van der Waals surface area contributed by atoms with Gasteiger partial charge in [-0.05, 0) is 24.3 Å². The van der Waals surface area contributed by atoms with Crippen LogP contribution in [0.5, 0.6) is 0 Å². The van der Waals surface area contributed by atoms with Crippen LogP contribution in [0.15, 0.2) is 30.5 Å². The molecule has 5 nitrogen and oxygen atoms in total. The first-order valence-electron chi connectivity index (χ1n) is 6.35. The smallest absolute Gasteiger partial charge is 0.252 e. The maximum Gasteiger partial charge on any atom is 0.252 e. The van der Waals surface area contributed by atoms with E-state index in [4.69, 9.17) is 5.73 Å². The van der Waals surface area contributed by atoms with Crippen LogP contribution in [0.3, 0.4) is 0 Å². The molecule has 0 fully saturated rings. The fourth-order valence-electron chi connectivity index (χ4n) is 1.80. The Balaban J connectivity index is 2.18. The van der Waals surface area contributed by atoms with Crippen molar-refractivity contribution in [3.63, 3.8) is 0 Å². The van der Waals surface area contributed by atoms with Gasteiger partial charge >= 0.3 is 0 Å². The molecule has 0 atom stereocenters. The van der Waals surface area contributed by atoms with Crippen molar-refractivity contribution >= 4 is 5.91 Å². The minimum Gasteiger partial charge on any atom is -0.346 e. The molecular formula is C15H15FN4O. The summed E-state index contributed by atoms with van der Waals surface area (Å²) in [6.07, 6.45) is 1.64. The Morgan fingerprint density at radius 2 is 2.29 bits per heavy atom.